The molecule has 122 valence electrons. The largest absolute Gasteiger partial charge is 0.411 e. The van der Waals surface area contributed by atoms with Gasteiger partial charge < -0.3 is 9.73 Å². The molecule has 0 unspecified atom stereocenters. The third-order valence-corrected chi connectivity index (χ3v) is 4.28. The normalized spacial score (nSPS) is 10.6. The van der Waals surface area contributed by atoms with E-state index in [0.717, 1.165) is 21.8 Å². The Kier molecular flexibility index (Phi) is 5.27. The Morgan fingerprint density at radius 3 is 2.75 bits per heavy atom. The van der Waals surface area contributed by atoms with Gasteiger partial charge in [0.25, 0.3) is 5.22 Å². The van der Waals surface area contributed by atoms with Crippen LogP contribution in [0.5, 0.6) is 0 Å². The van der Waals surface area contributed by atoms with Crippen LogP contribution in [0.3, 0.4) is 0 Å². The van der Waals surface area contributed by atoms with E-state index in [1.54, 1.807) is 6.07 Å². The number of thioether (sulfide) groups is 1. The lowest BCUT2D eigenvalue weighted by Crippen LogP contribution is -2.14. The summed E-state index contributed by atoms with van der Waals surface area (Å²) in [5.41, 5.74) is 1.20. The fourth-order valence-corrected chi connectivity index (χ4v) is 2.70. The topological polar surface area (TPSA) is 68.0 Å². The van der Waals surface area contributed by atoms with E-state index in [9.17, 15) is 9.18 Å². The molecule has 0 atom stereocenters. The van der Waals surface area contributed by atoms with Crippen molar-refractivity contribution in [2.75, 3.05) is 11.1 Å². The number of aromatic nitrogens is 2. The molecule has 0 radical (unpaired) electrons. The summed E-state index contributed by atoms with van der Waals surface area (Å²) in [5, 5.41) is 10.8. The number of halogens is 2. The predicted octanol–water partition coefficient (Wildman–Crippen LogP) is 4.37. The molecule has 0 fully saturated rings. The molecule has 3 aromatic rings. The second-order valence-corrected chi connectivity index (χ2v) is 6.57. The lowest BCUT2D eigenvalue weighted by molar-refractivity contribution is -0.113. The maximum Gasteiger partial charge on any atom is 0.277 e. The molecule has 0 spiro atoms. The highest BCUT2D eigenvalue weighted by molar-refractivity contribution is 9.10. The smallest absolute Gasteiger partial charge is 0.277 e. The highest BCUT2D eigenvalue weighted by Crippen LogP contribution is 2.24. The first-order valence-electron chi connectivity index (χ1n) is 6.88. The fraction of sp³-hybridized carbons (Fsp3) is 0.0625. The number of amides is 1. The van der Waals surface area contributed by atoms with Gasteiger partial charge in [0, 0.05) is 15.7 Å². The number of nitrogens with zero attached hydrogens (tertiary/aromatic N) is 2. The lowest BCUT2D eigenvalue weighted by atomic mass is 10.2. The molecule has 0 aliphatic rings. The molecule has 1 amide bonds. The van der Waals surface area contributed by atoms with Crippen LogP contribution in [-0.4, -0.2) is 21.9 Å². The number of hydrogen-bond donors (Lipinski definition) is 1. The van der Waals surface area contributed by atoms with Crippen molar-refractivity contribution in [3.8, 4) is 11.5 Å². The summed E-state index contributed by atoms with van der Waals surface area (Å²) in [6.07, 6.45) is 0. The van der Waals surface area contributed by atoms with Crippen LogP contribution in [0.1, 0.15) is 0 Å². The maximum absolute atomic E-state index is 13.1. The zero-order valence-electron chi connectivity index (χ0n) is 12.2. The summed E-state index contributed by atoms with van der Waals surface area (Å²) in [4.78, 5) is 11.9. The van der Waals surface area contributed by atoms with Gasteiger partial charge in [0.2, 0.25) is 11.8 Å². The highest BCUT2D eigenvalue weighted by Gasteiger charge is 2.11. The fourth-order valence-electron chi connectivity index (χ4n) is 1.87. The molecule has 5 nitrogen and oxygen atoms in total. The minimum absolute atomic E-state index is 0.0818. The molecule has 2 aromatic carbocycles. The van der Waals surface area contributed by atoms with Gasteiger partial charge in [-0.3, -0.25) is 4.79 Å². The zero-order chi connectivity index (χ0) is 16.9. The second kappa shape index (κ2) is 7.59. The van der Waals surface area contributed by atoms with E-state index in [0.29, 0.717) is 16.8 Å². The van der Waals surface area contributed by atoms with Gasteiger partial charge in [0.05, 0.1) is 5.75 Å². The molecule has 0 saturated carbocycles. The van der Waals surface area contributed by atoms with Gasteiger partial charge in [0.1, 0.15) is 5.82 Å². The third-order valence-electron chi connectivity index (χ3n) is 2.93. The Balaban J connectivity index is 1.57. The Morgan fingerprint density at radius 2 is 2.00 bits per heavy atom. The van der Waals surface area contributed by atoms with E-state index >= 15 is 0 Å². The minimum Gasteiger partial charge on any atom is -0.411 e. The van der Waals surface area contributed by atoms with Gasteiger partial charge in [-0.2, -0.15) is 0 Å². The van der Waals surface area contributed by atoms with Crippen molar-refractivity contribution in [1.82, 2.24) is 10.2 Å². The molecular weight excluding hydrogens is 397 g/mol. The lowest BCUT2D eigenvalue weighted by Gasteiger charge is -2.03. The summed E-state index contributed by atoms with van der Waals surface area (Å²) in [6, 6.07) is 13.2. The molecule has 1 N–H and O–H groups in total. The Labute approximate surface area is 149 Å². The van der Waals surface area contributed by atoms with E-state index in [2.05, 4.69) is 31.4 Å². The number of carbonyl (C=O) groups is 1. The average molecular weight is 408 g/mol. The van der Waals surface area contributed by atoms with Crippen molar-refractivity contribution in [3.63, 3.8) is 0 Å². The first-order chi connectivity index (χ1) is 11.6. The van der Waals surface area contributed by atoms with E-state index in [4.69, 9.17) is 4.42 Å². The van der Waals surface area contributed by atoms with Crippen LogP contribution in [0.25, 0.3) is 11.5 Å². The number of nitrogens with one attached hydrogen (secondary N) is 1. The molecule has 3 rings (SSSR count). The quantitative estimate of drug-likeness (QED) is 0.635. The molecule has 0 bridgehead atoms. The summed E-state index contributed by atoms with van der Waals surface area (Å²) in [7, 11) is 0. The van der Waals surface area contributed by atoms with E-state index in [1.807, 2.05) is 24.3 Å². The maximum atomic E-state index is 13.1. The Bertz CT molecular complexity index is 855. The van der Waals surface area contributed by atoms with Crippen molar-refractivity contribution in [2.24, 2.45) is 0 Å². The second-order valence-electron chi connectivity index (χ2n) is 4.73. The molecule has 1 aromatic heterocycles. The number of anilines is 1. The highest BCUT2D eigenvalue weighted by atomic mass is 79.9. The van der Waals surface area contributed by atoms with Crippen LogP contribution in [0, 0.1) is 5.82 Å². The van der Waals surface area contributed by atoms with Crippen molar-refractivity contribution in [1.29, 1.82) is 0 Å². The summed E-state index contributed by atoms with van der Waals surface area (Å²) < 4.78 is 19.5. The van der Waals surface area contributed by atoms with Gasteiger partial charge in [-0.15, -0.1) is 10.2 Å². The molecule has 24 heavy (non-hydrogen) atoms. The molecule has 0 aliphatic carbocycles. The van der Waals surface area contributed by atoms with Crippen molar-refractivity contribution >= 4 is 39.3 Å². The van der Waals surface area contributed by atoms with Gasteiger partial charge in [-0.1, -0.05) is 33.8 Å². The average Bonchev–Trinajstić information content (AvgIpc) is 3.03. The van der Waals surface area contributed by atoms with Crippen LogP contribution in [0.15, 0.2) is 62.6 Å². The van der Waals surface area contributed by atoms with Gasteiger partial charge >= 0.3 is 0 Å². The number of carbonyl (C=O) groups excluding carboxylic acids is 1. The van der Waals surface area contributed by atoms with Crippen LogP contribution >= 0.6 is 27.7 Å². The van der Waals surface area contributed by atoms with Crippen LogP contribution < -0.4 is 5.32 Å². The van der Waals surface area contributed by atoms with Crippen LogP contribution in [0.2, 0.25) is 0 Å². The molecule has 1 heterocycles. The molecule has 8 heteroatoms. The van der Waals surface area contributed by atoms with Crippen molar-refractivity contribution < 1.29 is 13.6 Å². The van der Waals surface area contributed by atoms with Gasteiger partial charge in [-0.05, 0) is 42.5 Å². The standard InChI is InChI=1S/C16H11BrFN3O2S/c17-11-6-4-10(5-7-11)15-20-21-16(23-15)24-9-14(22)19-13-3-1-2-12(18)8-13/h1-8H,9H2,(H,19,22). The molecule has 0 aliphatic heterocycles. The summed E-state index contributed by atoms with van der Waals surface area (Å²) in [5.74, 6) is -0.223. The van der Waals surface area contributed by atoms with Crippen LogP contribution in [0.4, 0.5) is 10.1 Å². The first-order valence-corrected chi connectivity index (χ1v) is 8.66. The van der Waals surface area contributed by atoms with Crippen molar-refractivity contribution in [3.05, 3.63) is 58.8 Å². The van der Waals surface area contributed by atoms with Crippen molar-refractivity contribution in [2.45, 2.75) is 5.22 Å². The number of hydrogen-bond acceptors (Lipinski definition) is 5. The number of benzene rings is 2. The van der Waals surface area contributed by atoms with Gasteiger partial charge in [-0.25, -0.2) is 4.39 Å². The third kappa shape index (κ3) is 4.42. The molecular formula is C16H11BrFN3O2S. The minimum atomic E-state index is -0.406. The Hall–Kier alpha value is -2.19. The summed E-state index contributed by atoms with van der Waals surface area (Å²) >= 11 is 4.47. The van der Waals surface area contributed by atoms with E-state index < -0.39 is 5.82 Å². The SMILES string of the molecule is O=C(CSc1nnc(-c2ccc(Br)cc2)o1)Nc1cccc(F)c1. The van der Waals surface area contributed by atoms with Gasteiger partial charge in [0.15, 0.2) is 0 Å². The van der Waals surface area contributed by atoms with Crippen LogP contribution in [-0.2, 0) is 4.79 Å². The van der Waals surface area contributed by atoms with E-state index in [1.165, 1.54) is 18.2 Å². The van der Waals surface area contributed by atoms with E-state index in [-0.39, 0.29) is 11.7 Å². The molecule has 0 saturated heterocycles. The first kappa shape index (κ1) is 16.7. The number of rotatable bonds is 5. The monoisotopic (exact) mass is 407 g/mol. The Morgan fingerprint density at radius 1 is 1.21 bits per heavy atom. The summed E-state index contributed by atoms with van der Waals surface area (Å²) in [6.45, 7) is 0. The zero-order valence-corrected chi connectivity index (χ0v) is 14.6. The predicted molar refractivity (Wildman–Crippen MR) is 93.2 cm³/mol.